The van der Waals surface area contributed by atoms with Gasteiger partial charge in [-0.15, -0.1) is 0 Å². The molecule has 0 saturated heterocycles. The summed E-state index contributed by atoms with van der Waals surface area (Å²) in [5.74, 6) is 1.21. The number of benzene rings is 1. The van der Waals surface area contributed by atoms with Crippen LogP contribution in [0.5, 0.6) is 0 Å². The number of anilines is 1. The Hall–Kier alpha value is -1.62. The Morgan fingerprint density at radius 2 is 2.20 bits per heavy atom. The molecule has 2 aromatic rings. The predicted molar refractivity (Wildman–Crippen MR) is 85.2 cm³/mol. The lowest BCUT2D eigenvalue weighted by Crippen LogP contribution is -2.38. The Morgan fingerprint density at radius 1 is 1.45 bits per heavy atom. The topological polar surface area (TPSA) is 59.5 Å². The van der Waals surface area contributed by atoms with Crippen molar-refractivity contribution >= 4 is 34.3 Å². The van der Waals surface area contributed by atoms with Crippen molar-refractivity contribution in [1.29, 1.82) is 0 Å². The van der Waals surface area contributed by atoms with Gasteiger partial charge in [-0.05, 0) is 36.9 Å². The van der Waals surface area contributed by atoms with Crippen molar-refractivity contribution in [3.05, 3.63) is 30.0 Å². The molecule has 0 bridgehead atoms. The standard InChI is InChI=1S/C15H20N2O2S/c1-4-12(9-20-3)17(2)15(18)14-8-10-7-11(16)5-6-13(10)19-14/h5-8,12H,4,9,16H2,1-3H3. The number of thioether (sulfide) groups is 1. The van der Waals surface area contributed by atoms with Gasteiger partial charge in [0, 0.05) is 29.9 Å². The highest BCUT2D eigenvalue weighted by Crippen LogP contribution is 2.23. The molecule has 0 aliphatic rings. The van der Waals surface area contributed by atoms with E-state index in [2.05, 4.69) is 6.92 Å². The van der Waals surface area contributed by atoms with Gasteiger partial charge in [0.05, 0.1) is 0 Å². The summed E-state index contributed by atoms with van der Waals surface area (Å²) < 4.78 is 5.63. The van der Waals surface area contributed by atoms with E-state index in [1.165, 1.54) is 0 Å². The second-order valence-electron chi connectivity index (χ2n) is 4.84. The molecule has 4 nitrogen and oxygen atoms in total. The molecule has 2 rings (SSSR count). The summed E-state index contributed by atoms with van der Waals surface area (Å²) in [5.41, 5.74) is 7.09. The fraction of sp³-hybridized carbons (Fsp3) is 0.400. The van der Waals surface area contributed by atoms with Crippen LogP contribution in [0.3, 0.4) is 0 Å². The lowest BCUT2D eigenvalue weighted by atomic mass is 10.2. The van der Waals surface area contributed by atoms with E-state index in [-0.39, 0.29) is 11.9 Å². The van der Waals surface area contributed by atoms with Crippen LogP contribution in [-0.2, 0) is 0 Å². The number of rotatable bonds is 5. The third-order valence-electron chi connectivity index (χ3n) is 3.45. The van der Waals surface area contributed by atoms with Crippen molar-refractivity contribution in [2.75, 3.05) is 24.8 Å². The summed E-state index contributed by atoms with van der Waals surface area (Å²) >= 11 is 1.74. The summed E-state index contributed by atoms with van der Waals surface area (Å²) in [5, 5.41) is 0.861. The monoisotopic (exact) mass is 292 g/mol. The third kappa shape index (κ3) is 2.93. The zero-order valence-electron chi connectivity index (χ0n) is 12.1. The first-order valence-corrected chi connectivity index (χ1v) is 8.01. The summed E-state index contributed by atoms with van der Waals surface area (Å²) in [6.45, 7) is 2.09. The molecule has 1 aromatic carbocycles. The largest absolute Gasteiger partial charge is 0.451 e. The molecule has 108 valence electrons. The van der Waals surface area contributed by atoms with Crippen molar-refractivity contribution in [3.8, 4) is 0 Å². The van der Waals surface area contributed by atoms with E-state index in [0.717, 1.165) is 17.6 Å². The van der Waals surface area contributed by atoms with Gasteiger partial charge in [0.2, 0.25) is 0 Å². The van der Waals surface area contributed by atoms with Crippen LogP contribution < -0.4 is 5.73 Å². The number of nitrogens with zero attached hydrogens (tertiary/aromatic N) is 1. The van der Waals surface area contributed by atoms with E-state index in [4.69, 9.17) is 10.2 Å². The average Bonchev–Trinajstić information content (AvgIpc) is 2.86. The van der Waals surface area contributed by atoms with Crippen molar-refractivity contribution in [3.63, 3.8) is 0 Å². The van der Waals surface area contributed by atoms with E-state index >= 15 is 0 Å². The molecule has 5 heteroatoms. The predicted octanol–water partition coefficient (Wildman–Crippen LogP) is 3.23. The molecular weight excluding hydrogens is 272 g/mol. The second-order valence-corrected chi connectivity index (χ2v) is 5.75. The van der Waals surface area contributed by atoms with Crippen molar-refractivity contribution in [2.24, 2.45) is 0 Å². The highest BCUT2D eigenvalue weighted by molar-refractivity contribution is 7.98. The smallest absolute Gasteiger partial charge is 0.289 e. The normalized spacial score (nSPS) is 12.6. The van der Waals surface area contributed by atoms with Gasteiger partial charge in [-0.1, -0.05) is 6.92 Å². The second kappa shape index (κ2) is 6.22. The van der Waals surface area contributed by atoms with Gasteiger partial charge in [0.1, 0.15) is 5.58 Å². The van der Waals surface area contributed by atoms with Gasteiger partial charge in [0.25, 0.3) is 5.91 Å². The lowest BCUT2D eigenvalue weighted by Gasteiger charge is -2.25. The average molecular weight is 292 g/mol. The summed E-state index contributed by atoms with van der Waals surface area (Å²) in [4.78, 5) is 14.2. The van der Waals surface area contributed by atoms with Gasteiger partial charge in [-0.2, -0.15) is 11.8 Å². The van der Waals surface area contributed by atoms with Crippen LogP contribution in [0.1, 0.15) is 23.9 Å². The molecule has 0 fully saturated rings. The molecule has 1 atom stereocenters. The van der Waals surface area contributed by atoms with Crippen LogP contribution >= 0.6 is 11.8 Å². The zero-order chi connectivity index (χ0) is 14.7. The number of hydrogen-bond acceptors (Lipinski definition) is 4. The highest BCUT2D eigenvalue weighted by Gasteiger charge is 2.22. The first-order chi connectivity index (χ1) is 9.56. The molecule has 20 heavy (non-hydrogen) atoms. The van der Waals surface area contributed by atoms with E-state index in [1.54, 1.807) is 34.9 Å². The maximum Gasteiger partial charge on any atom is 0.289 e. The molecule has 1 heterocycles. The molecule has 0 radical (unpaired) electrons. The molecule has 0 saturated carbocycles. The minimum Gasteiger partial charge on any atom is -0.451 e. The number of fused-ring (bicyclic) bond motifs is 1. The first-order valence-electron chi connectivity index (χ1n) is 6.62. The number of furan rings is 1. The highest BCUT2D eigenvalue weighted by atomic mass is 32.2. The number of hydrogen-bond donors (Lipinski definition) is 1. The van der Waals surface area contributed by atoms with Crippen LogP contribution in [0, 0.1) is 0 Å². The Balaban J connectivity index is 2.26. The quantitative estimate of drug-likeness (QED) is 0.860. The van der Waals surface area contributed by atoms with E-state index in [1.807, 2.05) is 19.4 Å². The maximum atomic E-state index is 12.5. The minimum absolute atomic E-state index is 0.0827. The maximum absolute atomic E-state index is 12.5. The zero-order valence-corrected chi connectivity index (χ0v) is 12.9. The molecule has 2 N–H and O–H groups in total. The van der Waals surface area contributed by atoms with Crippen molar-refractivity contribution in [2.45, 2.75) is 19.4 Å². The van der Waals surface area contributed by atoms with Gasteiger partial charge in [0.15, 0.2) is 5.76 Å². The van der Waals surface area contributed by atoms with E-state index < -0.39 is 0 Å². The van der Waals surface area contributed by atoms with Crippen molar-refractivity contribution in [1.82, 2.24) is 4.90 Å². The van der Waals surface area contributed by atoms with Crippen LogP contribution in [0.15, 0.2) is 28.7 Å². The van der Waals surface area contributed by atoms with Crippen LogP contribution in [0.4, 0.5) is 5.69 Å². The molecular formula is C15H20N2O2S. The van der Waals surface area contributed by atoms with Gasteiger partial charge < -0.3 is 15.1 Å². The Kier molecular flexibility index (Phi) is 4.60. The minimum atomic E-state index is -0.0827. The molecule has 1 aromatic heterocycles. The van der Waals surface area contributed by atoms with Crippen LogP contribution in [-0.4, -0.2) is 35.9 Å². The summed E-state index contributed by atoms with van der Waals surface area (Å²) in [6.07, 6.45) is 2.97. The van der Waals surface area contributed by atoms with Crippen LogP contribution in [0.2, 0.25) is 0 Å². The summed E-state index contributed by atoms with van der Waals surface area (Å²) in [6, 6.07) is 7.36. The number of nitrogen functional groups attached to an aromatic ring is 1. The number of nitrogens with two attached hydrogens (primary N) is 1. The Morgan fingerprint density at radius 3 is 2.85 bits per heavy atom. The van der Waals surface area contributed by atoms with E-state index in [0.29, 0.717) is 17.0 Å². The molecule has 1 unspecified atom stereocenters. The SMILES string of the molecule is CCC(CSC)N(C)C(=O)c1cc2cc(N)ccc2o1. The Bertz CT molecular complexity index is 609. The molecule has 0 aliphatic heterocycles. The van der Waals surface area contributed by atoms with Crippen molar-refractivity contribution < 1.29 is 9.21 Å². The van der Waals surface area contributed by atoms with Gasteiger partial charge >= 0.3 is 0 Å². The van der Waals surface area contributed by atoms with Crippen LogP contribution in [0.25, 0.3) is 11.0 Å². The number of carbonyl (C=O) groups excluding carboxylic acids is 1. The number of amides is 1. The lowest BCUT2D eigenvalue weighted by molar-refractivity contribution is 0.0714. The number of carbonyl (C=O) groups is 1. The fourth-order valence-corrected chi connectivity index (χ4v) is 3.05. The van der Waals surface area contributed by atoms with Gasteiger partial charge in [-0.25, -0.2) is 0 Å². The fourth-order valence-electron chi connectivity index (χ4n) is 2.20. The Labute approximate surface area is 123 Å². The third-order valence-corrected chi connectivity index (χ3v) is 4.17. The van der Waals surface area contributed by atoms with E-state index in [9.17, 15) is 4.79 Å². The summed E-state index contributed by atoms with van der Waals surface area (Å²) in [7, 11) is 1.83. The van der Waals surface area contributed by atoms with Gasteiger partial charge in [-0.3, -0.25) is 4.79 Å². The molecule has 0 spiro atoms. The molecule has 0 aliphatic carbocycles. The molecule has 1 amide bonds. The first kappa shape index (κ1) is 14.8.